The number of benzene rings is 1. The molecule has 20 heavy (non-hydrogen) atoms. The van der Waals surface area contributed by atoms with Crippen LogP contribution in [0.1, 0.15) is 31.9 Å². The van der Waals surface area contributed by atoms with Gasteiger partial charge in [-0.1, -0.05) is 44.2 Å². The minimum atomic E-state index is -1.27. The molecule has 1 aromatic carbocycles. The molecule has 2 amide bonds. The Morgan fingerprint density at radius 1 is 1.15 bits per heavy atom. The van der Waals surface area contributed by atoms with Crippen molar-refractivity contribution in [1.29, 1.82) is 0 Å². The summed E-state index contributed by atoms with van der Waals surface area (Å²) in [5, 5.41) is 15.1. The van der Waals surface area contributed by atoms with Crippen LogP contribution in [0.2, 0.25) is 0 Å². The second-order valence-corrected chi connectivity index (χ2v) is 5.12. The lowest BCUT2D eigenvalue weighted by atomic mass is 10.0. The van der Waals surface area contributed by atoms with E-state index in [0.717, 1.165) is 0 Å². The molecule has 0 saturated carbocycles. The van der Waals surface area contributed by atoms with Crippen LogP contribution in [0.3, 0.4) is 0 Å². The van der Waals surface area contributed by atoms with E-state index in [-0.39, 0.29) is 11.8 Å². The molecular formula is C15H22N2O3. The number of nitrogens with one attached hydrogen (secondary N) is 2. The zero-order chi connectivity index (χ0) is 15.1. The third-order valence-electron chi connectivity index (χ3n) is 2.95. The zero-order valence-corrected chi connectivity index (χ0v) is 12.1. The van der Waals surface area contributed by atoms with Crippen LogP contribution in [0.5, 0.6) is 0 Å². The van der Waals surface area contributed by atoms with Crippen molar-refractivity contribution < 1.29 is 14.7 Å². The molecule has 0 saturated heterocycles. The Bertz CT molecular complexity index is 446. The molecule has 0 radical (unpaired) electrons. The third-order valence-corrected chi connectivity index (χ3v) is 2.95. The van der Waals surface area contributed by atoms with E-state index in [0.29, 0.717) is 12.0 Å². The van der Waals surface area contributed by atoms with E-state index in [1.807, 2.05) is 13.8 Å². The summed E-state index contributed by atoms with van der Waals surface area (Å²) in [7, 11) is 1.52. The zero-order valence-electron chi connectivity index (χ0n) is 12.1. The fourth-order valence-corrected chi connectivity index (χ4v) is 1.91. The van der Waals surface area contributed by atoms with Crippen molar-refractivity contribution in [3.8, 4) is 0 Å². The second kappa shape index (κ2) is 7.65. The van der Waals surface area contributed by atoms with Crippen LogP contribution in [-0.2, 0) is 9.59 Å². The van der Waals surface area contributed by atoms with Gasteiger partial charge in [0.25, 0.3) is 5.91 Å². The van der Waals surface area contributed by atoms with E-state index in [9.17, 15) is 14.7 Å². The predicted octanol–water partition coefficient (Wildman–Crippen LogP) is 0.997. The maximum absolute atomic E-state index is 12.0. The molecule has 0 aliphatic carbocycles. The molecular weight excluding hydrogens is 256 g/mol. The van der Waals surface area contributed by atoms with Gasteiger partial charge in [-0.05, 0) is 17.9 Å². The highest BCUT2D eigenvalue weighted by Crippen LogP contribution is 2.13. The second-order valence-electron chi connectivity index (χ2n) is 5.12. The lowest BCUT2D eigenvalue weighted by molar-refractivity contribution is -0.134. The average molecular weight is 278 g/mol. The molecule has 0 bridgehead atoms. The first-order chi connectivity index (χ1) is 9.45. The summed E-state index contributed by atoms with van der Waals surface area (Å²) in [5.41, 5.74) is 0.505. The van der Waals surface area contributed by atoms with E-state index < -0.39 is 18.1 Å². The fourth-order valence-electron chi connectivity index (χ4n) is 1.91. The van der Waals surface area contributed by atoms with Gasteiger partial charge in [0, 0.05) is 7.05 Å². The number of aliphatic hydroxyl groups excluding tert-OH is 1. The van der Waals surface area contributed by atoms with E-state index in [1.165, 1.54) is 7.05 Å². The fraction of sp³-hybridized carbons (Fsp3) is 0.467. The number of hydrogen-bond donors (Lipinski definition) is 3. The molecule has 0 unspecified atom stereocenters. The van der Waals surface area contributed by atoms with Gasteiger partial charge >= 0.3 is 0 Å². The molecule has 0 fully saturated rings. The quantitative estimate of drug-likeness (QED) is 0.726. The molecule has 0 spiro atoms. The van der Waals surface area contributed by atoms with E-state index in [1.54, 1.807) is 30.3 Å². The van der Waals surface area contributed by atoms with Gasteiger partial charge in [0.1, 0.15) is 6.04 Å². The molecule has 5 nitrogen and oxygen atoms in total. The van der Waals surface area contributed by atoms with Crippen LogP contribution in [0, 0.1) is 5.92 Å². The van der Waals surface area contributed by atoms with Gasteiger partial charge in [0.05, 0.1) is 0 Å². The first kappa shape index (κ1) is 16.2. The Labute approximate surface area is 119 Å². The molecule has 0 aliphatic heterocycles. The van der Waals surface area contributed by atoms with E-state index >= 15 is 0 Å². The summed E-state index contributed by atoms with van der Waals surface area (Å²) in [5.74, 6) is -0.566. The molecule has 110 valence electrons. The monoisotopic (exact) mass is 278 g/mol. The molecule has 2 atom stereocenters. The molecule has 1 rings (SSSR count). The largest absolute Gasteiger partial charge is 0.378 e. The lowest BCUT2D eigenvalue weighted by Crippen LogP contribution is -2.47. The number of carbonyl (C=O) groups is 2. The number of amides is 2. The Morgan fingerprint density at radius 3 is 2.25 bits per heavy atom. The van der Waals surface area contributed by atoms with Crippen molar-refractivity contribution in [2.45, 2.75) is 32.4 Å². The number of carbonyl (C=O) groups excluding carboxylic acids is 2. The molecule has 3 N–H and O–H groups in total. The number of hydrogen-bond acceptors (Lipinski definition) is 3. The molecule has 0 heterocycles. The van der Waals surface area contributed by atoms with Crippen LogP contribution >= 0.6 is 0 Å². The van der Waals surface area contributed by atoms with Gasteiger partial charge in [0.2, 0.25) is 5.91 Å². The van der Waals surface area contributed by atoms with Gasteiger partial charge in [-0.25, -0.2) is 0 Å². The van der Waals surface area contributed by atoms with Crippen LogP contribution in [0.4, 0.5) is 0 Å². The summed E-state index contributed by atoms with van der Waals surface area (Å²) >= 11 is 0. The summed E-state index contributed by atoms with van der Waals surface area (Å²) in [6.07, 6.45) is -0.747. The number of rotatable bonds is 6. The molecule has 5 heteroatoms. The summed E-state index contributed by atoms with van der Waals surface area (Å²) in [6.45, 7) is 3.94. The van der Waals surface area contributed by atoms with E-state index in [4.69, 9.17) is 0 Å². The molecule has 0 aliphatic rings. The third kappa shape index (κ3) is 4.66. The smallest absolute Gasteiger partial charge is 0.254 e. The standard InChI is InChI=1S/C15H22N2O3/c1-10(2)9-12(14(19)16-3)17-15(20)13(18)11-7-5-4-6-8-11/h4-8,10,12-13,18H,9H2,1-3H3,(H,16,19)(H,17,20)/t12-,13-/m1/s1. The van der Waals surface area contributed by atoms with Gasteiger partial charge in [-0.15, -0.1) is 0 Å². The highest BCUT2D eigenvalue weighted by Gasteiger charge is 2.25. The summed E-state index contributed by atoms with van der Waals surface area (Å²) in [4.78, 5) is 23.7. The average Bonchev–Trinajstić information content (AvgIpc) is 2.45. The molecule has 0 aromatic heterocycles. The Morgan fingerprint density at radius 2 is 1.75 bits per heavy atom. The van der Waals surface area contributed by atoms with Gasteiger partial charge < -0.3 is 15.7 Å². The predicted molar refractivity (Wildman–Crippen MR) is 76.9 cm³/mol. The normalized spacial score (nSPS) is 13.7. The summed E-state index contributed by atoms with van der Waals surface area (Å²) in [6, 6.07) is 8.00. The minimum absolute atomic E-state index is 0.256. The maximum atomic E-state index is 12.0. The van der Waals surface area contributed by atoms with Crippen molar-refractivity contribution >= 4 is 11.8 Å². The number of aliphatic hydroxyl groups is 1. The van der Waals surface area contributed by atoms with Crippen LogP contribution in [0.15, 0.2) is 30.3 Å². The molecule has 1 aromatic rings. The number of likely N-dealkylation sites (N-methyl/N-ethyl adjacent to an activating group) is 1. The topological polar surface area (TPSA) is 78.4 Å². The van der Waals surface area contributed by atoms with Gasteiger partial charge in [-0.2, -0.15) is 0 Å². The Hall–Kier alpha value is -1.88. The highest BCUT2D eigenvalue weighted by atomic mass is 16.3. The highest BCUT2D eigenvalue weighted by molar-refractivity contribution is 5.89. The first-order valence-corrected chi connectivity index (χ1v) is 6.70. The Kier molecular flexibility index (Phi) is 6.18. The van der Waals surface area contributed by atoms with E-state index in [2.05, 4.69) is 10.6 Å². The van der Waals surface area contributed by atoms with Crippen molar-refractivity contribution in [2.75, 3.05) is 7.05 Å². The van der Waals surface area contributed by atoms with Gasteiger partial charge in [-0.3, -0.25) is 9.59 Å². The minimum Gasteiger partial charge on any atom is -0.378 e. The lowest BCUT2D eigenvalue weighted by Gasteiger charge is -2.21. The first-order valence-electron chi connectivity index (χ1n) is 6.70. The van der Waals surface area contributed by atoms with Gasteiger partial charge in [0.15, 0.2) is 6.10 Å². The van der Waals surface area contributed by atoms with Crippen molar-refractivity contribution in [2.24, 2.45) is 5.92 Å². The van der Waals surface area contributed by atoms with Crippen molar-refractivity contribution in [1.82, 2.24) is 10.6 Å². The summed E-state index contributed by atoms with van der Waals surface area (Å²) < 4.78 is 0. The van der Waals surface area contributed by atoms with Crippen LogP contribution in [-0.4, -0.2) is 30.0 Å². The SMILES string of the molecule is CNC(=O)[C@@H](CC(C)C)NC(=O)[C@H](O)c1ccccc1. The Balaban J connectivity index is 2.72. The van der Waals surface area contributed by atoms with Crippen LogP contribution < -0.4 is 10.6 Å². The van der Waals surface area contributed by atoms with Crippen molar-refractivity contribution in [3.05, 3.63) is 35.9 Å². The van der Waals surface area contributed by atoms with Crippen molar-refractivity contribution in [3.63, 3.8) is 0 Å². The van der Waals surface area contributed by atoms with Crippen LogP contribution in [0.25, 0.3) is 0 Å². The maximum Gasteiger partial charge on any atom is 0.254 e.